The molecule has 0 saturated carbocycles. The topological polar surface area (TPSA) is 15.3 Å². The third-order valence-electron chi connectivity index (χ3n) is 15.0. The summed E-state index contributed by atoms with van der Waals surface area (Å²) in [4.78, 5) is 4.92. The minimum atomic E-state index is 0.458. The molecule has 13 rings (SSSR count). The van der Waals surface area contributed by atoms with Gasteiger partial charge >= 0.3 is 0 Å². The van der Waals surface area contributed by atoms with Crippen LogP contribution >= 0.6 is 0 Å². The van der Waals surface area contributed by atoms with E-state index in [0.717, 1.165) is 35.6 Å². The van der Waals surface area contributed by atoms with Crippen molar-refractivity contribution >= 4 is 110 Å². The van der Waals surface area contributed by atoms with Gasteiger partial charge in [-0.1, -0.05) is 139 Å². The van der Waals surface area contributed by atoms with E-state index in [1.54, 1.807) is 0 Å². The Balaban J connectivity index is 1.12. The second-order valence-electron chi connectivity index (χ2n) is 19.5. The van der Waals surface area contributed by atoms with E-state index in [2.05, 4.69) is 242 Å². The van der Waals surface area contributed by atoms with Crippen LogP contribution in [0.15, 0.2) is 182 Å². The van der Waals surface area contributed by atoms with Crippen LogP contribution in [0.5, 0.6) is 0 Å². The Morgan fingerprint density at radius 3 is 1.07 bits per heavy atom. The fraction of sp³-hybridized carbons (Fsp3) is 0.156. The number of nitrogens with zero attached hydrogens (tertiary/aromatic N) is 4. The van der Waals surface area contributed by atoms with Gasteiger partial charge in [-0.05, 0) is 132 Å². The summed E-state index contributed by atoms with van der Waals surface area (Å²) < 4.78 is 5.18. The Morgan fingerprint density at radius 2 is 0.706 bits per heavy atom. The molecule has 4 heterocycles. The average molecular weight is 879 g/mol. The van der Waals surface area contributed by atoms with Crippen LogP contribution in [0.3, 0.4) is 0 Å². The molecule has 0 spiro atoms. The van der Waals surface area contributed by atoms with E-state index in [0.29, 0.717) is 11.8 Å². The van der Waals surface area contributed by atoms with Gasteiger partial charge in [0.1, 0.15) is 0 Å². The summed E-state index contributed by atoms with van der Waals surface area (Å²) in [5.74, 6) is 0.917. The van der Waals surface area contributed by atoms with E-state index in [1.807, 2.05) is 0 Å². The van der Waals surface area contributed by atoms with Crippen LogP contribution in [0.4, 0.5) is 34.1 Å². The highest BCUT2D eigenvalue weighted by atomic mass is 15.2. The molecule has 0 unspecified atom stereocenters. The Bertz CT molecular complexity index is 3760. The Kier molecular flexibility index (Phi) is 9.14. The number of aryl methyl sites for hydroxylation is 2. The van der Waals surface area contributed by atoms with Gasteiger partial charge in [0, 0.05) is 65.8 Å². The number of benzene rings is 9. The lowest BCUT2D eigenvalue weighted by Gasteiger charge is -2.27. The zero-order valence-electron chi connectivity index (χ0n) is 39.7. The molecule has 0 fully saturated rings. The minimum Gasteiger partial charge on any atom is -0.310 e. The molecule has 68 heavy (non-hydrogen) atoms. The predicted molar refractivity (Wildman–Crippen MR) is 292 cm³/mol. The van der Waals surface area contributed by atoms with Gasteiger partial charge in [0.25, 0.3) is 0 Å². The highest BCUT2D eigenvalue weighted by Gasteiger charge is 2.28. The second kappa shape index (κ2) is 15.4. The summed E-state index contributed by atoms with van der Waals surface area (Å²) in [7, 11) is 0. The monoisotopic (exact) mass is 878 g/mol. The van der Waals surface area contributed by atoms with Crippen LogP contribution in [0, 0.1) is 0 Å². The van der Waals surface area contributed by atoms with Crippen molar-refractivity contribution in [1.29, 1.82) is 0 Å². The first-order valence-electron chi connectivity index (χ1n) is 24.6. The van der Waals surface area contributed by atoms with Gasteiger partial charge in [0.15, 0.2) is 0 Å². The fourth-order valence-corrected chi connectivity index (χ4v) is 11.5. The van der Waals surface area contributed by atoms with Crippen LogP contribution < -0.4 is 9.80 Å². The molecule has 13 aromatic rings. The number of hydrogen-bond acceptors (Lipinski definition) is 2. The molecule has 330 valence electrons. The summed E-state index contributed by atoms with van der Waals surface area (Å²) >= 11 is 0. The third-order valence-corrected chi connectivity index (χ3v) is 15.0. The van der Waals surface area contributed by atoms with Crippen molar-refractivity contribution < 1.29 is 0 Å². The SMILES string of the molecule is CCc1ccc2c3c(N(c4ccccc4)c4ccc(C(C)C)cc4)ccc4c5cc6c(cc5n(c2c1)c43)c1ccc(N(c2ccccc2)c2ccc(C(C)C)cc2)c2c3ccc(CC)cc3n6c12. The van der Waals surface area contributed by atoms with Crippen molar-refractivity contribution in [3.63, 3.8) is 0 Å². The first-order valence-corrected chi connectivity index (χ1v) is 24.6. The van der Waals surface area contributed by atoms with Gasteiger partial charge in [-0.15, -0.1) is 0 Å². The van der Waals surface area contributed by atoms with Crippen LogP contribution in [0.2, 0.25) is 0 Å². The molecule has 0 aliphatic rings. The molecular weight excluding hydrogens is 825 g/mol. The third kappa shape index (κ3) is 5.86. The quantitative estimate of drug-likeness (QED) is 0.136. The molecule has 0 aliphatic heterocycles. The molecule has 0 aliphatic carbocycles. The van der Waals surface area contributed by atoms with E-state index < -0.39 is 0 Å². The number of hydrogen-bond donors (Lipinski definition) is 0. The summed E-state index contributed by atoms with van der Waals surface area (Å²) in [6.45, 7) is 13.6. The number of aromatic nitrogens is 2. The van der Waals surface area contributed by atoms with Crippen molar-refractivity contribution in [2.75, 3.05) is 9.80 Å². The molecule has 0 N–H and O–H groups in total. The molecule has 0 amide bonds. The van der Waals surface area contributed by atoms with Crippen molar-refractivity contribution in [3.05, 3.63) is 204 Å². The second-order valence-corrected chi connectivity index (χ2v) is 19.5. The molecular formula is C64H54N4. The van der Waals surface area contributed by atoms with Crippen LogP contribution in [0.1, 0.15) is 75.6 Å². The van der Waals surface area contributed by atoms with E-state index in [9.17, 15) is 0 Å². The van der Waals surface area contributed by atoms with Crippen LogP contribution in [-0.4, -0.2) is 8.80 Å². The maximum Gasteiger partial charge on any atom is 0.0641 e. The lowest BCUT2D eigenvalue weighted by atomic mass is 10.00. The molecule has 4 nitrogen and oxygen atoms in total. The summed E-state index contributed by atoms with van der Waals surface area (Å²) in [5.41, 5.74) is 19.9. The van der Waals surface area contributed by atoms with Crippen molar-refractivity contribution in [3.8, 4) is 0 Å². The highest BCUT2D eigenvalue weighted by Crippen LogP contribution is 2.51. The van der Waals surface area contributed by atoms with Crippen molar-refractivity contribution in [2.24, 2.45) is 0 Å². The first kappa shape index (κ1) is 40.5. The van der Waals surface area contributed by atoms with E-state index in [1.165, 1.54) is 110 Å². The van der Waals surface area contributed by atoms with Gasteiger partial charge in [-0.2, -0.15) is 0 Å². The first-order chi connectivity index (χ1) is 33.3. The zero-order chi connectivity index (χ0) is 45.9. The molecule has 4 heteroatoms. The average Bonchev–Trinajstić information content (AvgIpc) is 4.10. The summed E-state index contributed by atoms with van der Waals surface area (Å²) in [5, 5.41) is 10.2. The standard InChI is InChI=1S/C64H54N4/c1-7-41-19-29-51-57(35-41)67-59-37-54-50-32-34-56(66(46-17-13-10-14-18-46)48-27-23-44(24-28-48)40(5)6)62-52-30-20-42(8-2)36-58(52)68(64(50)62)60(54)38-53(59)49-31-33-55(61(51)63(49)67)65(45-15-11-9-12-16-45)47-25-21-43(22-26-47)39(3)4/h9-40H,7-8H2,1-6H3. The van der Waals surface area contributed by atoms with Gasteiger partial charge in [-0.3, -0.25) is 0 Å². The van der Waals surface area contributed by atoms with Crippen molar-refractivity contribution in [2.45, 2.75) is 66.2 Å². The lowest BCUT2D eigenvalue weighted by molar-refractivity contribution is 0.866. The van der Waals surface area contributed by atoms with Gasteiger partial charge < -0.3 is 18.6 Å². The van der Waals surface area contributed by atoms with Crippen molar-refractivity contribution in [1.82, 2.24) is 8.80 Å². The summed E-state index contributed by atoms with van der Waals surface area (Å²) in [6.07, 6.45) is 1.95. The number of para-hydroxylation sites is 2. The predicted octanol–water partition coefficient (Wildman–Crippen LogP) is 18.3. The minimum absolute atomic E-state index is 0.458. The fourth-order valence-electron chi connectivity index (χ4n) is 11.5. The Labute approximate surface area is 397 Å². The normalized spacial score (nSPS) is 12.4. The molecule has 0 bridgehead atoms. The van der Waals surface area contributed by atoms with E-state index in [4.69, 9.17) is 0 Å². The maximum atomic E-state index is 2.59. The molecule has 0 saturated heterocycles. The Morgan fingerprint density at radius 1 is 0.353 bits per heavy atom. The largest absolute Gasteiger partial charge is 0.310 e. The molecule has 0 atom stereocenters. The van der Waals surface area contributed by atoms with Gasteiger partial charge in [0.2, 0.25) is 0 Å². The zero-order valence-corrected chi connectivity index (χ0v) is 39.7. The van der Waals surface area contributed by atoms with Gasteiger partial charge in [-0.25, -0.2) is 0 Å². The number of anilines is 6. The van der Waals surface area contributed by atoms with Gasteiger partial charge in [0.05, 0.1) is 44.5 Å². The smallest absolute Gasteiger partial charge is 0.0641 e. The molecule has 0 radical (unpaired) electrons. The van der Waals surface area contributed by atoms with Crippen LogP contribution in [0.25, 0.3) is 76.2 Å². The highest BCUT2D eigenvalue weighted by molar-refractivity contribution is 6.32. The summed E-state index contributed by atoms with van der Waals surface area (Å²) in [6, 6.07) is 69.0. The van der Waals surface area contributed by atoms with E-state index in [-0.39, 0.29) is 0 Å². The Hall–Kier alpha value is -7.82. The lowest BCUT2D eigenvalue weighted by Crippen LogP contribution is -2.10. The van der Waals surface area contributed by atoms with Crippen LogP contribution in [-0.2, 0) is 12.8 Å². The number of fused-ring (bicyclic) bond motifs is 12. The maximum absolute atomic E-state index is 2.59. The van der Waals surface area contributed by atoms with E-state index >= 15 is 0 Å². The molecule has 9 aromatic carbocycles. The molecule has 4 aromatic heterocycles. The number of rotatable bonds is 10.